The van der Waals surface area contributed by atoms with Crippen LogP contribution in [0.3, 0.4) is 0 Å². The Morgan fingerprint density at radius 1 is 0.652 bits per heavy atom. The molecule has 2 saturated heterocycles. The fraction of sp³-hybridized carbons (Fsp3) is 0.742. The van der Waals surface area contributed by atoms with Crippen LogP contribution in [-0.2, 0) is 44.4 Å². The predicted octanol–water partition coefficient (Wildman–Crippen LogP) is 7.67. The van der Waals surface area contributed by atoms with Gasteiger partial charge in [0.25, 0.3) is 0 Å². The van der Waals surface area contributed by atoms with E-state index in [1.165, 1.54) is 39.6 Å². The quantitative estimate of drug-likeness (QED) is 0.109. The molecule has 9 nitrogen and oxygen atoms in total. The van der Waals surface area contributed by atoms with E-state index >= 15 is 0 Å². The normalized spacial score (nSPS) is 21.9. The van der Waals surface area contributed by atoms with E-state index < -0.39 is 0 Å². The van der Waals surface area contributed by atoms with Gasteiger partial charge in [-0.1, -0.05) is 47.0 Å². The lowest BCUT2D eigenvalue weighted by Gasteiger charge is -2.22. The molecule has 0 aromatic carbocycles. The SMILES string of the molecule is CSC1=C(SCCOCCOCCOC2CCCCO2)SC(=C2Sc3cn(CCOCCOCCOC4CCCCO4)cc3S2)S1. The van der Waals surface area contributed by atoms with E-state index in [1.807, 2.05) is 70.6 Å². The second kappa shape index (κ2) is 22.4. The summed E-state index contributed by atoms with van der Waals surface area (Å²) in [7, 11) is 0. The Morgan fingerprint density at radius 2 is 1.17 bits per heavy atom. The summed E-state index contributed by atoms with van der Waals surface area (Å²) in [4.78, 5) is 2.66. The summed E-state index contributed by atoms with van der Waals surface area (Å²) in [5.41, 5.74) is 0. The van der Waals surface area contributed by atoms with Gasteiger partial charge in [-0.15, -0.1) is 23.5 Å². The summed E-state index contributed by atoms with van der Waals surface area (Å²) in [5.74, 6) is 0.932. The Kier molecular flexibility index (Phi) is 18.4. The molecule has 0 N–H and O–H groups in total. The fourth-order valence-electron chi connectivity index (χ4n) is 4.79. The molecule has 5 heterocycles. The predicted molar refractivity (Wildman–Crippen MR) is 194 cm³/mol. The minimum Gasteiger partial charge on any atom is -0.378 e. The second-order valence-electron chi connectivity index (χ2n) is 10.6. The van der Waals surface area contributed by atoms with Crippen LogP contribution in [0.4, 0.5) is 0 Å². The van der Waals surface area contributed by atoms with Gasteiger partial charge in [0.05, 0.1) is 83.0 Å². The van der Waals surface area contributed by atoms with Gasteiger partial charge in [0.15, 0.2) is 12.6 Å². The van der Waals surface area contributed by atoms with Crippen LogP contribution in [0.25, 0.3) is 0 Å². The maximum absolute atomic E-state index is 5.81. The smallest absolute Gasteiger partial charge is 0.157 e. The molecule has 0 spiro atoms. The minimum absolute atomic E-state index is 0.0508. The molecule has 2 fully saturated rings. The van der Waals surface area contributed by atoms with Gasteiger partial charge >= 0.3 is 0 Å². The molecule has 1 aromatic rings. The van der Waals surface area contributed by atoms with Crippen molar-refractivity contribution in [2.24, 2.45) is 0 Å². The van der Waals surface area contributed by atoms with Crippen LogP contribution in [0.1, 0.15) is 38.5 Å². The van der Waals surface area contributed by atoms with E-state index in [2.05, 4.69) is 23.2 Å². The first-order valence-electron chi connectivity index (χ1n) is 16.1. The third kappa shape index (κ3) is 13.3. The lowest BCUT2D eigenvalue weighted by atomic mass is 10.2. The molecule has 46 heavy (non-hydrogen) atoms. The molecule has 260 valence electrons. The zero-order valence-electron chi connectivity index (χ0n) is 26.6. The number of nitrogens with zero attached hydrogens (tertiary/aromatic N) is 1. The van der Waals surface area contributed by atoms with Crippen molar-refractivity contribution < 1.29 is 37.9 Å². The Bertz CT molecular complexity index is 1070. The average Bonchev–Trinajstić information content (AvgIpc) is 3.79. The Labute approximate surface area is 299 Å². The number of hydrogen-bond donors (Lipinski definition) is 0. The Balaban J connectivity index is 0.880. The molecule has 0 bridgehead atoms. The van der Waals surface area contributed by atoms with Crippen molar-refractivity contribution in [2.45, 2.75) is 67.4 Å². The molecule has 4 aliphatic heterocycles. The first-order valence-corrected chi connectivity index (χ1v) is 21.6. The van der Waals surface area contributed by atoms with E-state index in [-0.39, 0.29) is 12.6 Å². The molecule has 5 rings (SSSR count). The maximum Gasteiger partial charge on any atom is 0.157 e. The zero-order valence-corrected chi connectivity index (χ0v) is 31.5. The summed E-state index contributed by atoms with van der Waals surface area (Å²) in [5, 5.41) is 0. The van der Waals surface area contributed by atoms with Crippen molar-refractivity contribution in [1.29, 1.82) is 0 Å². The van der Waals surface area contributed by atoms with Crippen LogP contribution in [0.15, 0.2) is 39.1 Å². The van der Waals surface area contributed by atoms with E-state index in [9.17, 15) is 0 Å². The van der Waals surface area contributed by atoms with Crippen molar-refractivity contribution in [2.75, 3.05) is 91.3 Å². The van der Waals surface area contributed by atoms with Gasteiger partial charge < -0.3 is 42.5 Å². The van der Waals surface area contributed by atoms with Crippen molar-refractivity contribution in [3.05, 3.63) is 29.3 Å². The standard InChI is InChI=1S/C31H47NO8S6/c1-41-28-29(42-21-20-36-15-14-35-17-19-40-27-7-3-5-10-38-27)46-31(45-28)30-43-24-22-32(23-25(24)44-30)8-11-33-12-13-34-16-18-39-26-6-2-4-9-37-26/h22-23,26-27H,2-21H2,1H3. The van der Waals surface area contributed by atoms with Gasteiger partial charge in [0.1, 0.15) is 0 Å². The van der Waals surface area contributed by atoms with Crippen molar-refractivity contribution >= 4 is 70.6 Å². The maximum atomic E-state index is 5.81. The number of thioether (sulfide) groups is 6. The molecule has 0 aliphatic carbocycles. The van der Waals surface area contributed by atoms with Gasteiger partial charge in [-0.2, -0.15) is 0 Å². The molecule has 15 heteroatoms. The minimum atomic E-state index is -0.0526. The zero-order chi connectivity index (χ0) is 31.7. The van der Waals surface area contributed by atoms with E-state index in [4.69, 9.17) is 37.9 Å². The van der Waals surface area contributed by atoms with Gasteiger partial charge in [-0.25, -0.2) is 0 Å². The topological polar surface area (TPSA) is 78.8 Å². The molecule has 4 aliphatic rings. The lowest BCUT2D eigenvalue weighted by molar-refractivity contribution is -0.169. The van der Waals surface area contributed by atoms with Crippen LogP contribution in [-0.4, -0.2) is 108 Å². The van der Waals surface area contributed by atoms with Crippen LogP contribution < -0.4 is 0 Å². The summed E-state index contributed by atoms with van der Waals surface area (Å²) < 4.78 is 53.1. The molecule has 0 radical (unpaired) electrons. The van der Waals surface area contributed by atoms with Crippen LogP contribution >= 0.6 is 70.6 Å². The summed E-state index contributed by atoms with van der Waals surface area (Å²) >= 11 is 11.3. The summed E-state index contributed by atoms with van der Waals surface area (Å²) in [6.07, 6.45) is 13.1. The monoisotopic (exact) mass is 753 g/mol. The molecular formula is C31H47NO8S6. The molecule has 1 aromatic heterocycles. The van der Waals surface area contributed by atoms with Gasteiger partial charge in [0, 0.05) is 47.7 Å². The summed E-state index contributed by atoms with van der Waals surface area (Å²) in [6, 6.07) is 0. The number of fused-ring (bicyclic) bond motifs is 1. The van der Waals surface area contributed by atoms with E-state index in [0.717, 1.165) is 51.2 Å². The molecule has 2 unspecified atom stereocenters. The van der Waals surface area contributed by atoms with Crippen LogP contribution in [0.5, 0.6) is 0 Å². The van der Waals surface area contributed by atoms with E-state index in [0.29, 0.717) is 66.1 Å². The number of hydrogen-bond acceptors (Lipinski definition) is 14. The molecule has 2 atom stereocenters. The van der Waals surface area contributed by atoms with Crippen molar-refractivity contribution in [3.63, 3.8) is 0 Å². The van der Waals surface area contributed by atoms with Crippen molar-refractivity contribution in [3.8, 4) is 0 Å². The third-order valence-electron chi connectivity index (χ3n) is 7.14. The molecule has 0 saturated carbocycles. The van der Waals surface area contributed by atoms with Crippen LogP contribution in [0, 0.1) is 0 Å². The van der Waals surface area contributed by atoms with Crippen molar-refractivity contribution in [1.82, 2.24) is 4.57 Å². The van der Waals surface area contributed by atoms with Gasteiger partial charge in [-0.05, 0) is 44.8 Å². The highest BCUT2D eigenvalue weighted by Gasteiger charge is 2.29. The average molecular weight is 754 g/mol. The van der Waals surface area contributed by atoms with Gasteiger partial charge in [0.2, 0.25) is 0 Å². The third-order valence-corrected chi connectivity index (χ3v) is 15.5. The Morgan fingerprint density at radius 3 is 1.74 bits per heavy atom. The van der Waals surface area contributed by atoms with E-state index in [1.54, 1.807) is 0 Å². The molecular weight excluding hydrogens is 707 g/mol. The molecule has 0 amide bonds. The number of ether oxygens (including phenoxy) is 8. The first-order chi connectivity index (χ1) is 22.8. The second-order valence-corrected chi connectivity index (χ2v) is 17.7. The first kappa shape index (κ1) is 37.8. The Hall–Kier alpha value is 0.540. The van der Waals surface area contributed by atoms with Gasteiger partial charge in [-0.3, -0.25) is 0 Å². The highest BCUT2D eigenvalue weighted by Crippen LogP contribution is 2.64. The summed E-state index contributed by atoms with van der Waals surface area (Å²) in [6.45, 7) is 8.48. The fourth-order valence-corrected chi connectivity index (χ4v) is 13.0. The largest absolute Gasteiger partial charge is 0.378 e. The van der Waals surface area contributed by atoms with Crippen LogP contribution in [0.2, 0.25) is 0 Å². The lowest BCUT2D eigenvalue weighted by Crippen LogP contribution is -2.24. The number of aromatic nitrogens is 1. The highest BCUT2D eigenvalue weighted by atomic mass is 32.3. The highest BCUT2D eigenvalue weighted by molar-refractivity contribution is 8.42. The number of rotatable bonds is 22.